The van der Waals surface area contributed by atoms with Crippen LogP contribution in [0.3, 0.4) is 0 Å². The third-order valence-electron chi connectivity index (χ3n) is 8.14. The van der Waals surface area contributed by atoms with Gasteiger partial charge in [-0.15, -0.1) is 15.3 Å². The lowest BCUT2D eigenvalue weighted by atomic mass is 9.85. The third-order valence-corrected chi connectivity index (χ3v) is 8.14. The molecule has 200 valence electrons. The second-order valence-electron chi connectivity index (χ2n) is 11.8. The zero-order valence-electron chi connectivity index (χ0n) is 23.2. The van der Waals surface area contributed by atoms with E-state index in [2.05, 4.69) is 88.9 Å². The molecule has 1 unspecified atom stereocenters. The molecule has 0 spiro atoms. The molecule has 8 nitrogen and oxygen atoms in total. The van der Waals surface area contributed by atoms with Crippen LogP contribution in [0, 0.1) is 0 Å². The molecule has 1 saturated carbocycles. The van der Waals surface area contributed by atoms with Gasteiger partial charge in [-0.2, -0.15) is 0 Å². The number of ether oxygens (including phenoxy) is 2. The molecule has 0 radical (unpaired) electrons. The first kappa shape index (κ1) is 25.9. The second kappa shape index (κ2) is 10.6. The number of hydrogen-bond donors (Lipinski definition) is 0. The SMILES string of the molecule is CC(C)c1cccc(O[C@H](C)c2nnc(C3CCC(n4cc(C5CCCC(C)(C)O5)nn4)CC3)n2C)c1. The minimum absolute atomic E-state index is 0.0583. The van der Waals surface area contributed by atoms with Crippen LogP contribution < -0.4 is 4.74 Å². The summed E-state index contributed by atoms with van der Waals surface area (Å²) in [4.78, 5) is 0. The zero-order chi connectivity index (χ0) is 26.2. The van der Waals surface area contributed by atoms with Crippen LogP contribution in [0.15, 0.2) is 30.5 Å². The highest BCUT2D eigenvalue weighted by Crippen LogP contribution is 2.39. The molecule has 3 aromatic rings. The summed E-state index contributed by atoms with van der Waals surface area (Å²) in [7, 11) is 2.07. The Bertz CT molecular complexity index is 1190. The Balaban J connectivity index is 1.19. The first-order chi connectivity index (χ1) is 17.7. The van der Waals surface area contributed by atoms with Gasteiger partial charge in [-0.05, 0) is 89.3 Å². The van der Waals surface area contributed by atoms with E-state index < -0.39 is 0 Å². The van der Waals surface area contributed by atoms with E-state index in [1.807, 2.05) is 13.0 Å². The smallest absolute Gasteiger partial charge is 0.173 e. The maximum absolute atomic E-state index is 6.28. The van der Waals surface area contributed by atoms with E-state index in [1.165, 1.54) is 12.0 Å². The molecule has 1 saturated heterocycles. The molecular formula is C29H42N6O2. The molecule has 0 bridgehead atoms. The van der Waals surface area contributed by atoms with Crippen LogP contribution in [-0.2, 0) is 11.8 Å². The van der Waals surface area contributed by atoms with Gasteiger partial charge in [0.25, 0.3) is 0 Å². The maximum atomic E-state index is 6.28. The van der Waals surface area contributed by atoms with Crippen molar-refractivity contribution in [3.05, 3.63) is 53.4 Å². The topological polar surface area (TPSA) is 79.9 Å². The summed E-state index contributed by atoms with van der Waals surface area (Å²) in [6, 6.07) is 8.70. The molecule has 8 heteroatoms. The Morgan fingerprint density at radius 1 is 1.03 bits per heavy atom. The third kappa shape index (κ3) is 5.74. The highest BCUT2D eigenvalue weighted by atomic mass is 16.5. The van der Waals surface area contributed by atoms with Crippen molar-refractivity contribution < 1.29 is 9.47 Å². The van der Waals surface area contributed by atoms with Crippen molar-refractivity contribution in [1.29, 1.82) is 0 Å². The summed E-state index contributed by atoms with van der Waals surface area (Å²) in [5.41, 5.74) is 2.16. The molecule has 3 heterocycles. The summed E-state index contributed by atoms with van der Waals surface area (Å²) in [5.74, 6) is 3.65. The predicted molar refractivity (Wildman–Crippen MR) is 143 cm³/mol. The zero-order valence-corrected chi connectivity index (χ0v) is 23.2. The van der Waals surface area contributed by atoms with E-state index in [-0.39, 0.29) is 17.8 Å². The number of hydrogen-bond acceptors (Lipinski definition) is 6. The van der Waals surface area contributed by atoms with Crippen molar-refractivity contribution in [3.8, 4) is 5.75 Å². The molecule has 2 aliphatic rings. The van der Waals surface area contributed by atoms with Crippen LogP contribution in [0.4, 0.5) is 0 Å². The number of nitrogens with zero attached hydrogens (tertiary/aromatic N) is 6. The Labute approximate surface area is 220 Å². The summed E-state index contributed by atoms with van der Waals surface area (Å²) < 4.78 is 16.7. The summed E-state index contributed by atoms with van der Waals surface area (Å²) in [5, 5.41) is 18.1. The minimum atomic E-state index is -0.175. The molecule has 2 atom stereocenters. The lowest BCUT2D eigenvalue weighted by Gasteiger charge is -2.35. The predicted octanol–water partition coefficient (Wildman–Crippen LogP) is 6.59. The van der Waals surface area contributed by atoms with Crippen molar-refractivity contribution in [2.24, 2.45) is 7.05 Å². The van der Waals surface area contributed by atoms with E-state index in [9.17, 15) is 0 Å². The van der Waals surface area contributed by atoms with Crippen LogP contribution >= 0.6 is 0 Å². The highest BCUT2D eigenvalue weighted by molar-refractivity contribution is 5.30. The van der Waals surface area contributed by atoms with Gasteiger partial charge in [-0.3, -0.25) is 0 Å². The van der Waals surface area contributed by atoms with Gasteiger partial charge in [0.05, 0.1) is 17.8 Å². The van der Waals surface area contributed by atoms with Gasteiger partial charge in [0, 0.05) is 13.0 Å². The normalized spacial score (nSPS) is 24.8. The van der Waals surface area contributed by atoms with Gasteiger partial charge in [0.15, 0.2) is 11.9 Å². The Morgan fingerprint density at radius 3 is 2.54 bits per heavy atom. The lowest BCUT2D eigenvalue weighted by Crippen LogP contribution is -2.31. The van der Waals surface area contributed by atoms with E-state index in [0.29, 0.717) is 17.9 Å². The molecule has 1 aliphatic heterocycles. The van der Waals surface area contributed by atoms with Crippen molar-refractivity contribution in [2.75, 3.05) is 0 Å². The number of aromatic nitrogens is 6. The Kier molecular flexibility index (Phi) is 7.39. The molecule has 37 heavy (non-hydrogen) atoms. The fraction of sp³-hybridized carbons (Fsp3) is 0.655. The first-order valence-corrected chi connectivity index (χ1v) is 14.0. The average Bonchev–Trinajstić information content (AvgIpc) is 3.51. The monoisotopic (exact) mass is 506 g/mol. The summed E-state index contributed by atoms with van der Waals surface area (Å²) >= 11 is 0. The fourth-order valence-corrected chi connectivity index (χ4v) is 5.91. The molecule has 0 N–H and O–H groups in total. The van der Waals surface area contributed by atoms with E-state index in [1.54, 1.807) is 0 Å². The lowest BCUT2D eigenvalue weighted by molar-refractivity contribution is -0.110. The molecule has 1 aromatic carbocycles. The molecular weight excluding hydrogens is 464 g/mol. The van der Waals surface area contributed by atoms with Crippen LogP contribution in [-0.4, -0.2) is 35.4 Å². The number of benzene rings is 1. The quantitative estimate of drug-likeness (QED) is 0.360. The van der Waals surface area contributed by atoms with Crippen molar-refractivity contribution in [2.45, 2.75) is 115 Å². The van der Waals surface area contributed by atoms with Gasteiger partial charge in [-0.25, -0.2) is 4.68 Å². The van der Waals surface area contributed by atoms with Crippen LogP contribution in [0.2, 0.25) is 0 Å². The van der Waals surface area contributed by atoms with Gasteiger partial charge >= 0.3 is 0 Å². The fourth-order valence-electron chi connectivity index (χ4n) is 5.91. The van der Waals surface area contributed by atoms with Gasteiger partial charge in [-0.1, -0.05) is 31.2 Å². The Hall–Kier alpha value is -2.74. The Morgan fingerprint density at radius 2 is 1.81 bits per heavy atom. The van der Waals surface area contributed by atoms with E-state index in [0.717, 1.165) is 61.6 Å². The van der Waals surface area contributed by atoms with Gasteiger partial charge in [0.1, 0.15) is 23.4 Å². The minimum Gasteiger partial charge on any atom is -0.483 e. The summed E-state index contributed by atoms with van der Waals surface area (Å²) in [6.07, 6.45) is 9.52. The second-order valence-corrected chi connectivity index (χ2v) is 11.8. The van der Waals surface area contributed by atoms with Crippen LogP contribution in [0.1, 0.15) is 133 Å². The highest BCUT2D eigenvalue weighted by Gasteiger charge is 2.33. The molecule has 1 aliphatic carbocycles. The number of rotatable bonds is 7. The van der Waals surface area contributed by atoms with E-state index >= 15 is 0 Å². The van der Waals surface area contributed by atoms with Crippen molar-refractivity contribution in [3.63, 3.8) is 0 Å². The summed E-state index contributed by atoms with van der Waals surface area (Å²) in [6.45, 7) is 10.8. The van der Waals surface area contributed by atoms with Crippen molar-refractivity contribution in [1.82, 2.24) is 29.8 Å². The van der Waals surface area contributed by atoms with Gasteiger partial charge in [0.2, 0.25) is 0 Å². The largest absolute Gasteiger partial charge is 0.483 e. The molecule has 5 rings (SSSR count). The van der Waals surface area contributed by atoms with E-state index in [4.69, 9.17) is 9.47 Å². The molecule has 2 aromatic heterocycles. The van der Waals surface area contributed by atoms with Crippen LogP contribution in [0.25, 0.3) is 0 Å². The van der Waals surface area contributed by atoms with Gasteiger partial charge < -0.3 is 14.0 Å². The standard InChI is InChI=1S/C29H42N6O2/c1-19(2)22-9-7-10-24(17-22)36-20(3)27-31-32-28(34(27)6)21-12-14-23(15-13-21)35-18-25(30-33-35)26-11-8-16-29(4,5)37-26/h7,9-10,17-21,23,26H,8,11-16H2,1-6H3/t20-,21?,23?,26?/m1/s1. The maximum Gasteiger partial charge on any atom is 0.173 e. The van der Waals surface area contributed by atoms with Crippen LogP contribution in [0.5, 0.6) is 5.75 Å². The average molecular weight is 507 g/mol. The first-order valence-electron chi connectivity index (χ1n) is 14.0. The molecule has 2 fully saturated rings. The molecule has 0 amide bonds. The van der Waals surface area contributed by atoms with Crippen molar-refractivity contribution >= 4 is 0 Å².